The second-order valence-corrected chi connectivity index (χ2v) is 4.68. The van der Waals surface area contributed by atoms with E-state index in [4.69, 9.17) is 0 Å². The van der Waals surface area contributed by atoms with E-state index in [0.29, 0.717) is 23.5 Å². The van der Waals surface area contributed by atoms with Gasteiger partial charge in [-0.15, -0.1) is 5.10 Å². The van der Waals surface area contributed by atoms with Gasteiger partial charge in [0.25, 0.3) is 0 Å². The second kappa shape index (κ2) is 5.76. The summed E-state index contributed by atoms with van der Waals surface area (Å²) in [5.74, 6) is 0.492. The Hall–Kier alpha value is -3.03. The minimum absolute atomic E-state index is 0.102. The van der Waals surface area contributed by atoms with Crippen molar-refractivity contribution in [1.82, 2.24) is 25.0 Å². The van der Waals surface area contributed by atoms with E-state index in [-0.39, 0.29) is 5.91 Å². The van der Waals surface area contributed by atoms with Crippen LogP contribution in [0.1, 0.15) is 13.8 Å². The van der Waals surface area contributed by atoms with E-state index < -0.39 is 0 Å². The molecule has 0 saturated heterocycles. The molecular formula is C14H15N7O. The highest BCUT2D eigenvalue weighted by Gasteiger charge is 2.10. The molecule has 0 fully saturated rings. The highest BCUT2D eigenvalue weighted by Crippen LogP contribution is 2.22. The molecule has 0 aliphatic carbocycles. The third kappa shape index (κ3) is 2.71. The SMILES string of the molecule is CCn1nnc2c(Nc3ccc(NC(C)=O)cc3)ncnc21. The Morgan fingerprint density at radius 1 is 1.18 bits per heavy atom. The first kappa shape index (κ1) is 13.9. The van der Waals surface area contributed by atoms with Crippen LogP contribution in [0.2, 0.25) is 0 Å². The van der Waals surface area contributed by atoms with Crippen LogP contribution in [0.4, 0.5) is 17.2 Å². The third-order valence-corrected chi connectivity index (χ3v) is 3.07. The molecule has 2 aromatic heterocycles. The lowest BCUT2D eigenvalue weighted by molar-refractivity contribution is -0.114. The number of nitrogens with zero attached hydrogens (tertiary/aromatic N) is 5. The van der Waals surface area contributed by atoms with Crippen LogP contribution >= 0.6 is 0 Å². The van der Waals surface area contributed by atoms with Crippen LogP contribution in [-0.4, -0.2) is 30.9 Å². The Morgan fingerprint density at radius 2 is 1.91 bits per heavy atom. The number of carbonyl (C=O) groups is 1. The van der Waals surface area contributed by atoms with Crippen LogP contribution in [0, 0.1) is 0 Å². The number of anilines is 3. The number of fused-ring (bicyclic) bond motifs is 1. The van der Waals surface area contributed by atoms with Crippen molar-refractivity contribution < 1.29 is 4.79 Å². The predicted molar refractivity (Wildman–Crippen MR) is 82.8 cm³/mol. The first-order chi connectivity index (χ1) is 10.7. The molecule has 0 bridgehead atoms. The Labute approximate surface area is 126 Å². The molecule has 2 heterocycles. The van der Waals surface area contributed by atoms with Gasteiger partial charge in [-0.3, -0.25) is 4.79 Å². The van der Waals surface area contributed by atoms with Crippen LogP contribution in [0.3, 0.4) is 0 Å². The fourth-order valence-electron chi connectivity index (χ4n) is 2.07. The zero-order chi connectivity index (χ0) is 15.5. The second-order valence-electron chi connectivity index (χ2n) is 4.68. The molecular weight excluding hydrogens is 282 g/mol. The molecule has 3 rings (SSSR count). The molecule has 0 spiro atoms. The van der Waals surface area contributed by atoms with Crippen LogP contribution in [0.25, 0.3) is 11.2 Å². The van der Waals surface area contributed by atoms with E-state index in [1.807, 2.05) is 31.2 Å². The fraction of sp³-hybridized carbons (Fsp3) is 0.214. The van der Waals surface area contributed by atoms with E-state index in [1.54, 1.807) is 4.68 Å². The molecule has 22 heavy (non-hydrogen) atoms. The van der Waals surface area contributed by atoms with Crippen molar-refractivity contribution in [2.75, 3.05) is 10.6 Å². The van der Waals surface area contributed by atoms with Gasteiger partial charge in [-0.05, 0) is 31.2 Å². The molecule has 8 nitrogen and oxygen atoms in total. The fourth-order valence-corrected chi connectivity index (χ4v) is 2.07. The summed E-state index contributed by atoms with van der Waals surface area (Å²) in [6.07, 6.45) is 1.48. The number of benzene rings is 1. The van der Waals surface area contributed by atoms with Gasteiger partial charge in [-0.1, -0.05) is 5.21 Å². The molecule has 0 radical (unpaired) electrons. The van der Waals surface area contributed by atoms with Gasteiger partial charge in [0.1, 0.15) is 6.33 Å². The summed E-state index contributed by atoms with van der Waals surface area (Å²) in [5.41, 5.74) is 2.88. The molecule has 2 N–H and O–H groups in total. The van der Waals surface area contributed by atoms with Crippen molar-refractivity contribution in [1.29, 1.82) is 0 Å². The summed E-state index contributed by atoms with van der Waals surface area (Å²) in [7, 11) is 0. The Morgan fingerprint density at radius 3 is 2.59 bits per heavy atom. The average molecular weight is 297 g/mol. The number of amides is 1. The third-order valence-electron chi connectivity index (χ3n) is 3.07. The maximum Gasteiger partial charge on any atom is 0.221 e. The van der Waals surface area contributed by atoms with Crippen molar-refractivity contribution in [3.8, 4) is 0 Å². The van der Waals surface area contributed by atoms with E-state index >= 15 is 0 Å². The smallest absolute Gasteiger partial charge is 0.221 e. The maximum absolute atomic E-state index is 11.0. The molecule has 0 aliphatic rings. The van der Waals surface area contributed by atoms with Crippen LogP contribution in [-0.2, 0) is 11.3 Å². The number of hydrogen-bond donors (Lipinski definition) is 2. The van der Waals surface area contributed by atoms with Gasteiger partial charge in [-0.2, -0.15) is 0 Å². The molecule has 0 unspecified atom stereocenters. The van der Waals surface area contributed by atoms with Crippen molar-refractivity contribution in [2.45, 2.75) is 20.4 Å². The summed E-state index contributed by atoms with van der Waals surface area (Å²) in [6, 6.07) is 7.32. The average Bonchev–Trinajstić information content (AvgIpc) is 2.93. The largest absolute Gasteiger partial charge is 0.338 e. The molecule has 1 amide bonds. The zero-order valence-electron chi connectivity index (χ0n) is 12.2. The lowest BCUT2D eigenvalue weighted by atomic mass is 10.2. The number of aryl methyl sites for hydroxylation is 1. The lowest BCUT2D eigenvalue weighted by Crippen LogP contribution is -2.05. The summed E-state index contributed by atoms with van der Waals surface area (Å²) >= 11 is 0. The van der Waals surface area contributed by atoms with Gasteiger partial charge < -0.3 is 10.6 Å². The minimum atomic E-state index is -0.102. The Balaban J connectivity index is 1.87. The molecule has 0 atom stereocenters. The highest BCUT2D eigenvalue weighted by molar-refractivity contribution is 5.89. The van der Waals surface area contributed by atoms with Crippen molar-refractivity contribution in [2.24, 2.45) is 0 Å². The Kier molecular flexibility index (Phi) is 3.65. The number of aromatic nitrogens is 5. The number of carbonyl (C=O) groups excluding carboxylic acids is 1. The van der Waals surface area contributed by atoms with Crippen molar-refractivity contribution in [3.05, 3.63) is 30.6 Å². The first-order valence-corrected chi connectivity index (χ1v) is 6.86. The van der Waals surface area contributed by atoms with Crippen LogP contribution < -0.4 is 10.6 Å². The molecule has 112 valence electrons. The van der Waals surface area contributed by atoms with Crippen LogP contribution in [0.5, 0.6) is 0 Å². The van der Waals surface area contributed by atoms with Crippen LogP contribution in [0.15, 0.2) is 30.6 Å². The highest BCUT2D eigenvalue weighted by atomic mass is 16.1. The molecule has 0 saturated carbocycles. The quantitative estimate of drug-likeness (QED) is 0.763. The molecule has 8 heteroatoms. The standard InChI is InChI=1S/C14H15N7O/c1-3-21-14-12(19-20-21)13(15-8-16-14)18-11-6-4-10(5-7-11)17-9(2)22/h4-8H,3H2,1-2H3,(H,17,22)(H,15,16,18). The van der Waals surface area contributed by atoms with E-state index in [9.17, 15) is 4.79 Å². The summed E-state index contributed by atoms with van der Waals surface area (Å²) in [4.78, 5) is 19.4. The predicted octanol–water partition coefficient (Wildman–Crippen LogP) is 1.94. The number of rotatable bonds is 4. The first-order valence-electron chi connectivity index (χ1n) is 6.86. The Bertz CT molecular complexity index is 810. The van der Waals surface area contributed by atoms with Crippen molar-refractivity contribution >= 4 is 34.3 Å². The lowest BCUT2D eigenvalue weighted by Gasteiger charge is -2.07. The van der Waals surface area contributed by atoms with Crippen molar-refractivity contribution in [3.63, 3.8) is 0 Å². The summed E-state index contributed by atoms with van der Waals surface area (Å²) in [6.45, 7) is 4.14. The summed E-state index contributed by atoms with van der Waals surface area (Å²) in [5, 5.41) is 14.1. The monoisotopic (exact) mass is 297 g/mol. The van der Waals surface area contributed by atoms with Gasteiger partial charge in [0, 0.05) is 24.8 Å². The maximum atomic E-state index is 11.0. The van der Waals surface area contributed by atoms with E-state index in [1.165, 1.54) is 13.3 Å². The normalized spacial score (nSPS) is 10.6. The number of nitrogens with one attached hydrogen (secondary N) is 2. The van der Waals surface area contributed by atoms with Gasteiger partial charge in [0.2, 0.25) is 5.91 Å². The molecule has 0 aliphatic heterocycles. The topological polar surface area (TPSA) is 97.6 Å². The summed E-state index contributed by atoms with van der Waals surface area (Å²) < 4.78 is 1.71. The minimum Gasteiger partial charge on any atom is -0.338 e. The van der Waals surface area contributed by atoms with E-state index in [2.05, 4.69) is 30.9 Å². The van der Waals surface area contributed by atoms with Gasteiger partial charge in [-0.25, -0.2) is 14.6 Å². The van der Waals surface area contributed by atoms with Gasteiger partial charge in [0.05, 0.1) is 0 Å². The molecule has 3 aromatic rings. The van der Waals surface area contributed by atoms with Gasteiger partial charge >= 0.3 is 0 Å². The van der Waals surface area contributed by atoms with Gasteiger partial charge in [0.15, 0.2) is 17.0 Å². The zero-order valence-corrected chi connectivity index (χ0v) is 12.2. The molecule has 1 aromatic carbocycles. The number of hydrogen-bond acceptors (Lipinski definition) is 6. The van der Waals surface area contributed by atoms with E-state index in [0.717, 1.165) is 11.4 Å².